The molecule has 0 aliphatic carbocycles. The third kappa shape index (κ3) is 3.02. The Morgan fingerprint density at radius 2 is 1.58 bits per heavy atom. The van der Waals surface area contributed by atoms with Crippen molar-refractivity contribution in [2.75, 3.05) is 5.32 Å². The number of aromatic nitrogens is 3. The van der Waals surface area contributed by atoms with Crippen LogP contribution in [-0.2, 0) is 0 Å². The molecule has 0 unspecified atom stereocenters. The molecule has 0 amide bonds. The van der Waals surface area contributed by atoms with E-state index in [1.165, 1.54) is 6.33 Å². The van der Waals surface area contributed by atoms with Gasteiger partial charge in [0.05, 0.1) is 5.39 Å². The first kappa shape index (κ1) is 14.5. The van der Waals surface area contributed by atoms with Crippen LogP contribution < -0.4 is 10.1 Å². The number of aromatic amines is 1. The van der Waals surface area contributed by atoms with Gasteiger partial charge in [-0.25, -0.2) is 9.97 Å². The maximum atomic E-state index is 5.87. The quantitative estimate of drug-likeness (QED) is 0.541. The van der Waals surface area contributed by atoms with E-state index < -0.39 is 0 Å². The summed E-state index contributed by atoms with van der Waals surface area (Å²) < 4.78 is 5.78. The van der Waals surface area contributed by atoms with Crippen molar-refractivity contribution in [3.63, 3.8) is 0 Å². The van der Waals surface area contributed by atoms with Crippen molar-refractivity contribution in [2.24, 2.45) is 0 Å². The molecule has 4 aromatic rings. The monoisotopic (exact) mass is 336 g/mol. The molecule has 6 heteroatoms. The van der Waals surface area contributed by atoms with E-state index in [4.69, 9.17) is 16.3 Å². The summed E-state index contributed by atoms with van der Waals surface area (Å²) in [6.45, 7) is 0. The molecule has 0 fully saturated rings. The predicted molar refractivity (Wildman–Crippen MR) is 95.1 cm³/mol. The normalized spacial score (nSPS) is 10.7. The summed E-state index contributed by atoms with van der Waals surface area (Å²) >= 11 is 5.87. The second kappa shape index (κ2) is 6.22. The van der Waals surface area contributed by atoms with Crippen LogP contribution in [0.4, 0.5) is 11.5 Å². The van der Waals surface area contributed by atoms with Crippen molar-refractivity contribution in [3.8, 4) is 11.5 Å². The summed E-state index contributed by atoms with van der Waals surface area (Å²) in [7, 11) is 0. The molecule has 0 aliphatic rings. The number of nitrogens with one attached hydrogen (secondary N) is 2. The van der Waals surface area contributed by atoms with Crippen LogP contribution >= 0.6 is 11.6 Å². The topological polar surface area (TPSA) is 62.8 Å². The second-order valence-corrected chi connectivity index (χ2v) is 5.60. The number of halogens is 1. The third-order valence-electron chi connectivity index (χ3n) is 3.52. The molecule has 2 aromatic carbocycles. The number of H-pyrrole nitrogens is 1. The van der Waals surface area contributed by atoms with Gasteiger partial charge in [0.1, 0.15) is 29.3 Å². The lowest BCUT2D eigenvalue weighted by Crippen LogP contribution is -1.95. The van der Waals surface area contributed by atoms with E-state index in [0.29, 0.717) is 5.02 Å². The van der Waals surface area contributed by atoms with E-state index in [1.807, 2.05) is 48.7 Å². The summed E-state index contributed by atoms with van der Waals surface area (Å²) in [4.78, 5) is 11.5. The first-order chi connectivity index (χ1) is 11.8. The van der Waals surface area contributed by atoms with Gasteiger partial charge in [0, 0.05) is 16.9 Å². The fourth-order valence-electron chi connectivity index (χ4n) is 2.35. The average Bonchev–Trinajstić information content (AvgIpc) is 3.08. The van der Waals surface area contributed by atoms with Crippen LogP contribution in [0.1, 0.15) is 0 Å². The Kier molecular flexibility index (Phi) is 3.76. The van der Waals surface area contributed by atoms with Gasteiger partial charge in [-0.3, -0.25) is 0 Å². The predicted octanol–water partition coefficient (Wildman–Crippen LogP) is 5.15. The van der Waals surface area contributed by atoms with Gasteiger partial charge in [0.25, 0.3) is 0 Å². The lowest BCUT2D eigenvalue weighted by molar-refractivity contribution is 0.483. The summed E-state index contributed by atoms with van der Waals surface area (Å²) in [6.07, 6.45) is 3.37. The SMILES string of the molecule is Clc1ccc(Oc2ccc(Nc3ncnc4[nH]ccc34)cc2)cc1. The molecular weight excluding hydrogens is 324 g/mol. The van der Waals surface area contributed by atoms with E-state index in [2.05, 4.69) is 20.3 Å². The number of hydrogen-bond acceptors (Lipinski definition) is 4. The number of fused-ring (bicyclic) bond motifs is 1. The average molecular weight is 337 g/mol. The molecule has 2 N–H and O–H groups in total. The Morgan fingerprint density at radius 1 is 0.875 bits per heavy atom. The molecule has 0 saturated carbocycles. The van der Waals surface area contributed by atoms with Crippen molar-refractivity contribution in [1.29, 1.82) is 0 Å². The highest BCUT2D eigenvalue weighted by Gasteiger charge is 2.05. The van der Waals surface area contributed by atoms with Crippen LogP contribution in [0, 0.1) is 0 Å². The van der Waals surface area contributed by atoms with Crippen molar-refractivity contribution in [1.82, 2.24) is 15.0 Å². The number of benzene rings is 2. The van der Waals surface area contributed by atoms with Crippen LogP contribution in [0.2, 0.25) is 5.02 Å². The minimum Gasteiger partial charge on any atom is -0.457 e. The molecule has 0 aliphatic heterocycles. The zero-order valence-corrected chi connectivity index (χ0v) is 13.3. The van der Waals surface area contributed by atoms with Crippen LogP contribution in [0.15, 0.2) is 67.1 Å². The fraction of sp³-hybridized carbons (Fsp3) is 0. The van der Waals surface area contributed by atoms with Crippen LogP contribution in [-0.4, -0.2) is 15.0 Å². The molecule has 4 rings (SSSR count). The Hall–Kier alpha value is -3.05. The molecule has 0 radical (unpaired) electrons. The highest BCUT2D eigenvalue weighted by Crippen LogP contribution is 2.26. The highest BCUT2D eigenvalue weighted by molar-refractivity contribution is 6.30. The molecule has 0 atom stereocenters. The van der Waals surface area contributed by atoms with Gasteiger partial charge in [0.2, 0.25) is 0 Å². The fourth-order valence-corrected chi connectivity index (χ4v) is 2.48. The number of ether oxygens (including phenoxy) is 1. The van der Waals surface area contributed by atoms with E-state index >= 15 is 0 Å². The number of rotatable bonds is 4. The molecule has 118 valence electrons. The lowest BCUT2D eigenvalue weighted by Gasteiger charge is -2.09. The smallest absolute Gasteiger partial charge is 0.143 e. The second-order valence-electron chi connectivity index (χ2n) is 5.17. The Balaban J connectivity index is 1.51. The van der Waals surface area contributed by atoms with Gasteiger partial charge in [-0.15, -0.1) is 0 Å². The van der Waals surface area contributed by atoms with Crippen molar-refractivity contribution in [2.45, 2.75) is 0 Å². The van der Waals surface area contributed by atoms with Gasteiger partial charge < -0.3 is 15.0 Å². The van der Waals surface area contributed by atoms with Gasteiger partial charge in [0.15, 0.2) is 0 Å². The van der Waals surface area contributed by atoms with Gasteiger partial charge in [-0.2, -0.15) is 0 Å². The van der Waals surface area contributed by atoms with E-state index in [0.717, 1.165) is 34.0 Å². The van der Waals surface area contributed by atoms with E-state index in [9.17, 15) is 0 Å². The summed E-state index contributed by atoms with van der Waals surface area (Å²) in [5.74, 6) is 2.25. The molecular formula is C18H13ClN4O. The van der Waals surface area contributed by atoms with Crippen LogP contribution in [0.3, 0.4) is 0 Å². The largest absolute Gasteiger partial charge is 0.457 e. The maximum Gasteiger partial charge on any atom is 0.143 e. The Bertz CT molecular complexity index is 964. The molecule has 2 heterocycles. The van der Waals surface area contributed by atoms with Crippen molar-refractivity contribution < 1.29 is 4.74 Å². The highest BCUT2D eigenvalue weighted by atomic mass is 35.5. The Morgan fingerprint density at radius 3 is 2.33 bits per heavy atom. The standard InChI is InChI=1S/C18H13ClN4O/c19-12-1-5-14(6-2-12)24-15-7-3-13(4-8-15)23-18-16-9-10-20-17(16)21-11-22-18/h1-11H,(H2,20,21,22,23). The molecule has 24 heavy (non-hydrogen) atoms. The van der Waals surface area contributed by atoms with Crippen molar-refractivity contribution in [3.05, 3.63) is 72.1 Å². The van der Waals surface area contributed by atoms with E-state index in [1.54, 1.807) is 12.1 Å². The third-order valence-corrected chi connectivity index (χ3v) is 3.77. The van der Waals surface area contributed by atoms with Crippen LogP contribution in [0.5, 0.6) is 11.5 Å². The number of hydrogen-bond donors (Lipinski definition) is 2. The summed E-state index contributed by atoms with van der Waals surface area (Å²) in [6, 6.07) is 16.9. The van der Waals surface area contributed by atoms with E-state index in [-0.39, 0.29) is 0 Å². The summed E-state index contributed by atoms with van der Waals surface area (Å²) in [5, 5.41) is 4.91. The van der Waals surface area contributed by atoms with Crippen molar-refractivity contribution >= 4 is 34.1 Å². The number of anilines is 2. The summed E-state index contributed by atoms with van der Waals surface area (Å²) in [5.41, 5.74) is 1.72. The molecule has 2 aromatic heterocycles. The minimum atomic E-state index is 0.683. The molecule has 0 saturated heterocycles. The lowest BCUT2D eigenvalue weighted by atomic mass is 10.3. The first-order valence-corrected chi connectivity index (χ1v) is 7.74. The maximum absolute atomic E-state index is 5.87. The minimum absolute atomic E-state index is 0.683. The van der Waals surface area contributed by atoms with Gasteiger partial charge >= 0.3 is 0 Å². The molecule has 5 nitrogen and oxygen atoms in total. The Labute approximate surface area is 143 Å². The number of nitrogens with zero attached hydrogens (tertiary/aromatic N) is 2. The molecule has 0 spiro atoms. The zero-order valence-electron chi connectivity index (χ0n) is 12.5. The first-order valence-electron chi connectivity index (χ1n) is 7.36. The van der Waals surface area contributed by atoms with Gasteiger partial charge in [-0.05, 0) is 54.6 Å². The van der Waals surface area contributed by atoms with Gasteiger partial charge in [-0.1, -0.05) is 11.6 Å². The zero-order chi connectivity index (χ0) is 16.4. The van der Waals surface area contributed by atoms with Crippen LogP contribution in [0.25, 0.3) is 11.0 Å². The molecule has 0 bridgehead atoms.